The fourth-order valence-electron chi connectivity index (χ4n) is 2.18. The van der Waals surface area contributed by atoms with Gasteiger partial charge in [-0.05, 0) is 24.1 Å². The average Bonchev–Trinajstić information content (AvgIpc) is 2.76. The van der Waals surface area contributed by atoms with Crippen molar-refractivity contribution < 1.29 is 4.79 Å². The Balaban J connectivity index is 1.93. The van der Waals surface area contributed by atoms with Gasteiger partial charge in [0.15, 0.2) is 5.82 Å². The van der Waals surface area contributed by atoms with Gasteiger partial charge in [0.1, 0.15) is 0 Å². The van der Waals surface area contributed by atoms with Gasteiger partial charge in [-0.1, -0.05) is 0 Å². The van der Waals surface area contributed by atoms with Crippen LogP contribution in [0.25, 0.3) is 0 Å². The second-order valence-electron chi connectivity index (χ2n) is 4.64. The predicted molar refractivity (Wildman–Crippen MR) is 74.3 cm³/mol. The molecule has 0 fully saturated rings. The maximum Gasteiger partial charge on any atom is 0.224 e. The van der Waals surface area contributed by atoms with Crippen LogP contribution in [0.1, 0.15) is 12.0 Å². The number of hydrogen-bond donors (Lipinski definition) is 3. The summed E-state index contributed by atoms with van der Waals surface area (Å²) in [4.78, 5) is 11.4. The van der Waals surface area contributed by atoms with Gasteiger partial charge in [-0.3, -0.25) is 9.48 Å². The number of aryl methyl sites for hydroxylation is 2. The van der Waals surface area contributed by atoms with Crippen molar-refractivity contribution >= 4 is 28.8 Å². The smallest absolute Gasteiger partial charge is 0.224 e. The molecular formula is C13H15N5O. The molecule has 1 aliphatic rings. The number of benzene rings is 1. The van der Waals surface area contributed by atoms with Crippen LogP contribution >= 0.6 is 0 Å². The lowest BCUT2D eigenvalue weighted by Crippen LogP contribution is -2.19. The summed E-state index contributed by atoms with van der Waals surface area (Å²) < 4.78 is 1.71. The minimum atomic E-state index is 0.0426. The summed E-state index contributed by atoms with van der Waals surface area (Å²) in [7, 11) is 1.85. The minimum absolute atomic E-state index is 0.0426. The number of nitrogens with one attached hydrogen (secondary N) is 2. The number of rotatable bonds is 2. The highest BCUT2D eigenvalue weighted by molar-refractivity contribution is 5.95. The molecule has 19 heavy (non-hydrogen) atoms. The molecule has 0 radical (unpaired) electrons. The fraction of sp³-hybridized carbons (Fsp3) is 0.231. The van der Waals surface area contributed by atoms with E-state index in [4.69, 9.17) is 5.73 Å². The summed E-state index contributed by atoms with van der Waals surface area (Å²) in [5.74, 6) is 0.761. The fourth-order valence-corrected chi connectivity index (χ4v) is 2.18. The highest BCUT2D eigenvalue weighted by atomic mass is 16.1. The first-order valence-electron chi connectivity index (χ1n) is 6.11. The number of nitrogen functional groups attached to an aromatic ring is 1. The van der Waals surface area contributed by atoms with Crippen LogP contribution in [0, 0.1) is 0 Å². The maximum atomic E-state index is 11.4. The Bertz CT molecular complexity index is 646. The summed E-state index contributed by atoms with van der Waals surface area (Å²) in [6.07, 6.45) is 3.09. The van der Waals surface area contributed by atoms with Gasteiger partial charge >= 0.3 is 0 Å². The summed E-state index contributed by atoms with van der Waals surface area (Å²) in [6, 6.07) is 5.62. The average molecular weight is 257 g/mol. The standard InChI is InChI=1S/C13H15N5O/c1-18-5-4-12(17-18)15-11-7-10-8(6-9(11)14)2-3-13(19)16-10/h4-7H,2-3,14H2,1H3,(H,15,17)(H,16,19). The molecule has 1 amide bonds. The molecule has 0 saturated carbocycles. The largest absolute Gasteiger partial charge is 0.397 e. The molecular weight excluding hydrogens is 242 g/mol. The van der Waals surface area contributed by atoms with Gasteiger partial charge in [-0.25, -0.2) is 0 Å². The third-order valence-electron chi connectivity index (χ3n) is 3.15. The number of aromatic nitrogens is 2. The Kier molecular flexibility index (Phi) is 2.63. The van der Waals surface area contributed by atoms with E-state index in [1.807, 2.05) is 31.4 Å². The van der Waals surface area contributed by atoms with E-state index in [1.165, 1.54) is 0 Å². The second kappa shape index (κ2) is 4.31. The first-order chi connectivity index (χ1) is 9.11. The van der Waals surface area contributed by atoms with E-state index in [-0.39, 0.29) is 5.91 Å². The molecule has 4 N–H and O–H groups in total. The van der Waals surface area contributed by atoms with Crippen LogP contribution in [0.4, 0.5) is 22.9 Å². The topological polar surface area (TPSA) is 85.0 Å². The number of nitrogens with zero attached hydrogens (tertiary/aromatic N) is 2. The summed E-state index contributed by atoms with van der Waals surface area (Å²) >= 11 is 0. The Morgan fingerprint density at radius 3 is 3.00 bits per heavy atom. The molecule has 2 aromatic rings. The zero-order valence-electron chi connectivity index (χ0n) is 10.6. The SMILES string of the molecule is Cn1ccc(Nc2cc3c(cc2N)CCC(=O)N3)n1. The van der Waals surface area contributed by atoms with Crippen molar-refractivity contribution in [2.24, 2.45) is 7.05 Å². The molecule has 1 aromatic carbocycles. The Labute approximate surface area is 110 Å². The molecule has 2 heterocycles. The number of carbonyl (C=O) groups excluding carboxylic acids is 1. The lowest BCUT2D eigenvalue weighted by atomic mass is 10.0. The quantitative estimate of drug-likeness (QED) is 0.714. The molecule has 6 heteroatoms. The predicted octanol–water partition coefficient (Wildman–Crippen LogP) is 1.63. The van der Waals surface area contributed by atoms with Crippen LogP contribution in [0.15, 0.2) is 24.4 Å². The maximum absolute atomic E-state index is 11.4. The van der Waals surface area contributed by atoms with Crippen molar-refractivity contribution in [2.45, 2.75) is 12.8 Å². The lowest BCUT2D eigenvalue weighted by molar-refractivity contribution is -0.116. The molecule has 3 rings (SSSR count). The van der Waals surface area contributed by atoms with Crippen molar-refractivity contribution in [3.8, 4) is 0 Å². The van der Waals surface area contributed by atoms with Crippen LogP contribution in [0.2, 0.25) is 0 Å². The molecule has 6 nitrogen and oxygen atoms in total. The molecule has 0 saturated heterocycles. The number of amides is 1. The Morgan fingerprint density at radius 1 is 1.42 bits per heavy atom. The number of nitrogens with two attached hydrogens (primary N) is 1. The van der Waals surface area contributed by atoms with Gasteiger partial charge in [-0.15, -0.1) is 0 Å². The number of anilines is 4. The third kappa shape index (κ3) is 2.24. The third-order valence-corrected chi connectivity index (χ3v) is 3.15. The first kappa shape index (κ1) is 11.6. The van der Waals surface area contributed by atoms with Gasteiger partial charge in [0.25, 0.3) is 0 Å². The van der Waals surface area contributed by atoms with Gasteiger partial charge in [0.05, 0.1) is 11.4 Å². The monoisotopic (exact) mass is 257 g/mol. The van der Waals surface area contributed by atoms with E-state index in [9.17, 15) is 4.79 Å². The van der Waals surface area contributed by atoms with E-state index in [0.29, 0.717) is 12.1 Å². The molecule has 0 atom stereocenters. The van der Waals surface area contributed by atoms with Crippen LogP contribution in [-0.2, 0) is 18.3 Å². The van der Waals surface area contributed by atoms with Gasteiger partial charge in [0, 0.05) is 31.4 Å². The zero-order chi connectivity index (χ0) is 13.4. The van der Waals surface area contributed by atoms with E-state index in [1.54, 1.807) is 4.68 Å². The van der Waals surface area contributed by atoms with Crippen molar-refractivity contribution in [3.05, 3.63) is 30.0 Å². The molecule has 1 aliphatic heterocycles. The van der Waals surface area contributed by atoms with Crippen molar-refractivity contribution in [1.82, 2.24) is 9.78 Å². The Hall–Kier alpha value is -2.50. The van der Waals surface area contributed by atoms with Crippen LogP contribution in [-0.4, -0.2) is 15.7 Å². The van der Waals surface area contributed by atoms with E-state index in [0.717, 1.165) is 29.2 Å². The van der Waals surface area contributed by atoms with Crippen molar-refractivity contribution in [2.75, 3.05) is 16.4 Å². The molecule has 0 bridgehead atoms. The van der Waals surface area contributed by atoms with Gasteiger partial charge in [0.2, 0.25) is 5.91 Å². The van der Waals surface area contributed by atoms with Gasteiger partial charge < -0.3 is 16.4 Å². The summed E-state index contributed by atoms with van der Waals surface area (Å²) in [5.41, 5.74) is 9.32. The molecule has 0 spiro atoms. The highest BCUT2D eigenvalue weighted by Gasteiger charge is 2.16. The molecule has 98 valence electrons. The molecule has 1 aromatic heterocycles. The zero-order valence-corrected chi connectivity index (χ0v) is 10.6. The lowest BCUT2D eigenvalue weighted by Gasteiger charge is -2.19. The minimum Gasteiger partial charge on any atom is -0.397 e. The van der Waals surface area contributed by atoms with Crippen molar-refractivity contribution in [3.63, 3.8) is 0 Å². The summed E-state index contributed by atoms with van der Waals surface area (Å²) in [6.45, 7) is 0. The number of carbonyl (C=O) groups is 1. The normalized spacial score (nSPS) is 13.8. The first-order valence-corrected chi connectivity index (χ1v) is 6.11. The summed E-state index contributed by atoms with van der Waals surface area (Å²) in [5, 5.41) is 10.2. The molecule has 0 unspecified atom stereocenters. The highest BCUT2D eigenvalue weighted by Crippen LogP contribution is 2.32. The van der Waals surface area contributed by atoms with E-state index < -0.39 is 0 Å². The number of fused-ring (bicyclic) bond motifs is 1. The molecule has 0 aliphatic carbocycles. The Morgan fingerprint density at radius 2 is 2.26 bits per heavy atom. The van der Waals surface area contributed by atoms with E-state index >= 15 is 0 Å². The van der Waals surface area contributed by atoms with Crippen LogP contribution < -0.4 is 16.4 Å². The van der Waals surface area contributed by atoms with Gasteiger partial charge in [-0.2, -0.15) is 5.10 Å². The second-order valence-corrected chi connectivity index (χ2v) is 4.64. The van der Waals surface area contributed by atoms with E-state index in [2.05, 4.69) is 15.7 Å². The van der Waals surface area contributed by atoms with Crippen LogP contribution in [0.3, 0.4) is 0 Å². The van der Waals surface area contributed by atoms with Crippen molar-refractivity contribution in [1.29, 1.82) is 0 Å². The van der Waals surface area contributed by atoms with Crippen LogP contribution in [0.5, 0.6) is 0 Å². The number of hydrogen-bond acceptors (Lipinski definition) is 4.